The van der Waals surface area contributed by atoms with Gasteiger partial charge in [0, 0.05) is 37.1 Å². The smallest absolute Gasteiger partial charge is 0.321 e. The van der Waals surface area contributed by atoms with Gasteiger partial charge in [-0.2, -0.15) is 0 Å². The lowest BCUT2D eigenvalue weighted by atomic mass is 9.87. The van der Waals surface area contributed by atoms with E-state index in [0.717, 1.165) is 11.3 Å². The van der Waals surface area contributed by atoms with E-state index in [9.17, 15) is 9.59 Å². The number of nitrogens with zero attached hydrogens (tertiary/aromatic N) is 3. The Labute approximate surface area is 155 Å². The van der Waals surface area contributed by atoms with Crippen molar-refractivity contribution < 1.29 is 14.3 Å². The summed E-state index contributed by atoms with van der Waals surface area (Å²) in [6.07, 6.45) is 3.27. The molecule has 1 atom stereocenters. The standard InChI is InChI=1S/C20H17N3O4/c1-12-9-16-18(19(25)23(12)2)15(11-17(24)27-16)13-5-3-6-14(10-13)26-20-21-7-4-8-22-20/h3-10,15H,11H2,1-2H3/t15-/m0/s1. The van der Waals surface area contributed by atoms with E-state index in [4.69, 9.17) is 9.47 Å². The van der Waals surface area contributed by atoms with Crippen molar-refractivity contribution in [1.82, 2.24) is 14.5 Å². The molecule has 2 aromatic heterocycles. The summed E-state index contributed by atoms with van der Waals surface area (Å²) >= 11 is 0. The van der Waals surface area contributed by atoms with Crippen LogP contribution < -0.4 is 15.0 Å². The highest BCUT2D eigenvalue weighted by Gasteiger charge is 2.32. The van der Waals surface area contributed by atoms with E-state index in [-0.39, 0.29) is 24.0 Å². The first kappa shape index (κ1) is 17.0. The first-order valence-corrected chi connectivity index (χ1v) is 8.49. The minimum absolute atomic E-state index is 0.0938. The minimum Gasteiger partial charge on any atom is -0.426 e. The lowest BCUT2D eigenvalue weighted by Crippen LogP contribution is -2.31. The zero-order valence-electron chi connectivity index (χ0n) is 14.9. The van der Waals surface area contributed by atoms with Gasteiger partial charge in [0.15, 0.2) is 0 Å². The largest absolute Gasteiger partial charge is 0.426 e. The van der Waals surface area contributed by atoms with Crippen LogP contribution in [-0.2, 0) is 11.8 Å². The Morgan fingerprint density at radius 1 is 1.15 bits per heavy atom. The maximum atomic E-state index is 12.8. The van der Waals surface area contributed by atoms with Gasteiger partial charge in [-0.15, -0.1) is 0 Å². The number of rotatable bonds is 3. The zero-order valence-corrected chi connectivity index (χ0v) is 14.9. The van der Waals surface area contributed by atoms with Crippen LogP contribution in [0.4, 0.5) is 0 Å². The number of carbonyl (C=O) groups is 1. The van der Waals surface area contributed by atoms with Gasteiger partial charge in [-0.25, -0.2) is 9.97 Å². The molecule has 0 aliphatic carbocycles. The van der Waals surface area contributed by atoms with E-state index < -0.39 is 5.92 Å². The summed E-state index contributed by atoms with van der Waals surface area (Å²) in [5.41, 5.74) is 1.84. The monoisotopic (exact) mass is 363 g/mol. The summed E-state index contributed by atoms with van der Waals surface area (Å²) in [5.74, 6) is 0.0938. The van der Waals surface area contributed by atoms with E-state index in [1.165, 1.54) is 0 Å². The summed E-state index contributed by atoms with van der Waals surface area (Å²) < 4.78 is 12.6. The third-order valence-corrected chi connectivity index (χ3v) is 4.62. The lowest BCUT2D eigenvalue weighted by Gasteiger charge is -2.25. The van der Waals surface area contributed by atoms with Gasteiger partial charge in [0.2, 0.25) is 0 Å². The van der Waals surface area contributed by atoms with Gasteiger partial charge in [-0.1, -0.05) is 12.1 Å². The van der Waals surface area contributed by atoms with Crippen molar-refractivity contribution in [3.05, 3.63) is 76.0 Å². The Balaban J connectivity index is 1.77. The zero-order chi connectivity index (χ0) is 19.0. The molecular formula is C20H17N3O4. The first-order chi connectivity index (χ1) is 13.0. The van der Waals surface area contributed by atoms with Gasteiger partial charge >= 0.3 is 12.0 Å². The van der Waals surface area contributed by atoms with Crippen molar-refractivity contribution in [3.63, 3.8) is 0 Å². The van der Waals surface area contributed by atoms with Crippen molar-refractivity contribution in [1.29, 1.82) is 0 Å². The number of ether oxygens (including phenoxy) is 2. The van der Waals surface area contributed by atoms with Crippen molar-refractivity contribution in [2.45, 2.75) is 19.3 Å². The SMILES string of the molecule is Cc1cc2c(c(=O)n1C)[C@H](c1cccc(Oc3ncccn3)c1)CC(=O)O2. The molecule has 4 rings (SSSR count). The lowest BCUT2D eigenvalue weighted by molar-refractivity contribution is -0.135. The summed E-state index contributed by atoms with van der Waals surface area (Å²) in [4.78, 5) is 33.0. The third kappa shape index (κ3) is 3.19. The maximum Gasteiger partial charge on any atom is 0.321 e. The van der Waals surface area contributed by atoms with Crippen LogP contribution >= 0.6 is 0 Å². The van der Waals surface area contributed by atoms with Crippen LogP contribution in [0.25, 0.3) is 0 Å². The normalized spacial score (nSPS) is 15.8. The van der Waals surface area contributed by atoms with Gasteiger partial charge in [-0.05, 0) is 30.7 Å². The van der Waals surface area contributed by atoms with Crippen molar-refractivity contribution in [3.8, 4) is 17.5 Å². The quantitative estimate of drug-likeness (QED) is 0.666. The van der Waals surface area contributed by atoms with Gasteiger partial charge < -0.3 is 14.0 Å². The van der Waals surface area contributed by atoms with Crippen LogP contribution in [0, 0.1) is 6.92 Å². The van der Waals surface area contributed by atoms with Crippen LogP contribution in [0.5, 0.6) is 17.5 Å². The Morgan fingerprint density at radius 2 is 1.93 bits per heavy atom. The maximum absolute atomic E-state index is 12.8. The molecule has 1 aromatic carbocycles. The van der Waals surface area contributed by atoms with Crippen LogP contribution in [0.2, 0.25) is 0 Å². The fraction of sp³-hybridized carbons (Fsp3) is 0.200. The molecule has 7 nitrogen and oxygen atoms in total. The van der Waals surface area contributed by atoms with E-state index in [0.29, 0.717) is 17.1 Å². The first-order valence-electron chi connectivity index (χ1n) is 8.49. The number of hydrogen-bond acceptors (Lipinski definition) is 6. The number of pyridine rings is 1. The molecule has 0 saturated heterocycles. The summed E-state index contributed by atoms with van der Waals surface area (Å²) in [5, 5.41) is 0. The van der Waals surface area contributed by atoms with Gasteiger partial charge in [-0.3, -0.25) is 9.59 Å². The van der Waals surface area contributed by atoms with E-state index in [2.05, 4.69) is 9.97 Å². The predicted octanol–water partition coefficient (Wildman–Crippen LogP) is 2.72. The highest BCUT2D eigenvalue weighted by molar-refractivity contribution is 5.77. The molecule has 27 heavy (non-hydrogen) atoms. The van der Waals surface area contributed by atoms with Crippen LogP contribution in [0.3, 0.4) is 0 Å². The van der Waals surface area contributed by atoms with Crippen molar-refractivity contribution >= 4 is 5.97 Å². The third-order valence-electron chi connectivity index (χ3n) is 4.62. The Hall–Kier alpha value is -3.48. The highest BCUT2D eigenvalue weighted by Crippen LogP contribution is 2.38. The van der Waals surface area contributed by atoms with Crippen LogP contribution in [0.15, 0.2) is 53.6 Å². The summed E-state index contributed by atoms with van der Waals surface area (Å²) in [6, 6.07) is 10.9. The molecule has 0 amide bonds. The molecule has 0 radical (unpaired) electrons. The average Bonchev–Trinajstić information content (AvgIpc) is 2.66. The number of aromatic nitrogens is 3. The molecule has 1 aliphatic rings. The van der Waals surface area contributed by atoms with E-state index in [1.807, 2.05) is 12.1 Å². The Bertz CT molecular complexity index is 1080. The number of hydrogen-bond donors (Lipinski definition) is 0. The number of fused-ring (bicyclic) bond motifs is 1. The second kappa shape index (κ2) is 6.68. The topological polar surface area (TPSA) is 83.3 Å². The van der Waals surface area contributed by atoms with Crippen LogP contribution in [-0.4, -0.2) is 20.5 Å². The molecule has 0 N–H and O–H groups in total. The van der Waals surface area contributed by atoms with Crippen molar-refractivity contribution in [2.24, 2.45) is 7.05 Å². The molecule has 0 fully saturated rings. The molecule has 0 saturated carbocycles. The molecular weight excluding hydrogens is 346 g/mol. The number of esters is 1. The second-order valence-corrected chi connectivity index (χ2v) is 6.36. The number of benzene rings is 1. The van der Waals surface area contributed by atoms with Gasteiger partial charge in [0.05, 0.1) is 12.0 Å². The summed E-state index contributed by atoms with van der Waals surface area (Å²) in [7, 11) is 1.71. The predicted molar refractivity (Wildman–Crippen MR) is 97.1 cm³/mol. The molecule has 1 aliphatic heterocycles. The Morgan fingerprint density at radius 3 is 2.70 bits per heavy atom. The van der Waals surface area contributed by atoms with Gasteiger partial charge in [0.25, 0.3) is 5.56 Å². The fourth-order valence-electron chi connectivity index (χ4n) is 3.17. The van der Waals surface area contributed by atoms with E-state index in [1.54, 1.807) is 55.2 Å². The second-order valence-electron chi connectivity index (χ2n) is 6.36. The highest BCUT2D eigenvalue weighted by atomic mass is 16.5. The van der Waals surface area contributed by atoms with E-state index >= 15 is 0 Å². The number of aryl methyl sites for hydroxylation is 1. The average molecular weight is 363 g/mol. The van der Waals surface area contributed by atoms with Crippen LogP contribution in [0.1, 0.15) is 29.2 Å². The van der Waals surface area contributed by atoms with Crippen molar-refractivity contribution in [2.75, 3.05) is 0 Å². The van der Waals surface area contributed by atoms with Gasteiger partial charge in [0.1, 0.15) is 11.5 Å². The fourth-order valence-corrected chi connectivity index (χ4v) is 3.17. The molecule has 3 aromatic rings. The minimum atomic E-state index is -0.402. The summed E-state index contributed by atoms with van der Waals surface area (Å²) in [6.45, 7) is 1.80. The molecule has 0 unspecified atom stereocenters. The molecule has 0 spiro atoms. The molecule has 7 heteroatoms. The Kier molecular flexibility index (Phi) is 4.19. The molecule has 136 valence electrons. The molecule has 0 bridgehead atoms. The molecule has 3 heterocycles. The number of carbonyl (C=O) groups excluding carboxylic acids is 1.